The van der Waals surface area contributed by atoms with Gasteiger partial charge in [-0.15, -0.1) is 0 Å². The minimum Gasteiger partial charge on any atom is -0.444 e. The van der Waals surface area contributed by atoms with Gasteiger partial charge in [0, 0.05) is 34.7 Å². The van der Waals surface area contributed by atoms with E-state index in [2.05, 4.69) is 46.2 Å². The van der Waals surface area contributed by atoms with E-state index in [1.807, 2.05) is 12.1 Å². The topological polar surface area (TPSA) is 93.5 Å². The van der Waals surface area contributed by atoms with Crippen LogP contribution in [0.15, 0.2) is 18.2 Å². The van der Waals surface area contributed by atoms with E-state index in [1.165, 1.54) is 5.56 Å². The molecule has 0 aromatic heterocycles. The van der Waals surface area contributed by atoms with Crippen molar-refractivity contribution < 1.29 is 14.3 Å². The first-order valence-electron chi connectivity index (χ1n) is 8.91. The van der Waals surface area contributed by atoms with Crippen LogP contribution >= 0.6 is 22.6 Å². The highest BCUT2D eigenvalue weighted by atomic mass is 127. The maximum Gasteiger partial charge on any atom is 0.407 e. The average molecular weight is 475 g/mol. The Bertz CT molecular complexity index is 615. The lowest BCUT2D eigenvalue weighted by Crippen LogP contribution is -2.36. The second-order valence-electron chi connectivity index (χ2n) is 7.25. The van der Waals surface area contributed by atoms with Gasteiger partial charge in [-0.2, -0.15) is 0 Å². The number of alkyl carbamates (subject to hydrolysis) is 1. The van der Waals surface area contributed by atoms with Gasteiger partial charge in [0.25, 0.3) is 0 Å². The Balaban J connectivity index is 2.45. The highest BCUT2D eigenvalue weighted by Gasteiger charge is 2.16. The van der Waals surface area contributed by atoms with E-state index in [9.17, 15) is 9.59 Å². The SMILES string of the molecule is CCCC(CNC(=O)CCNC(=O)OC(C)(C)C)c1ccc(N)c(I)c1. The zero-order valence-electron chi connectivity index (χ0n) is 16.0. The van der Waals surface area contributed by atoms with Crippen molar-refractivity contribution in [1.29, 1.82) is 0 Å². The molecule has 1 rings (SSSR count). The van der Waals surface area contributed by atoms with Crippen LogP contribution in [0, 0.1) is 3.57 Å². The summed E-state index contributed by atoms with van der Waals surface area (Å²) in [6.45, 7) is 8.34. The van der Waals surface area contributed by atoms with E-state index < -0.39 is 11.7 Å². The minimum absolute atomic E-state index is 0.0905. The number of hydrogen-bond acceptors (Lipinski definition) is 4. The summed E-state index contributed by atoms with van der Waals surface area (Å²) in [5, 5.41) is 5.55. The number of halogens is 1. The highest BCUT2D eigenvalue weighted by molar-refractivity contribution is 14.1. The fraction of sp³-hybridized carbons (Fsp3) is 0.579. The molecule has 2 amide bonds. The Morgan fingerprint density at radius 1 is 1.27 bits per heavy atom. The zero-order chi connectivity index (χ0) is 19.7. The van der Waals surface area contributed by atoms with Crippen molar-refractivity contribution in [3.05, 3.63) is 27.3 Å². The number of hydrogen-bond donors (Lipinski definition) is 3. The van der Waals surface area contributed by atoms with Crippen molar-refractivity contribution in [2.45, 2.75) is 58.5 Å². The molecule has 0 aliphatic carbocycles. The number of carbonyl (C=O) groups excluding carboxylic acids is 2. The lowest BCUT2D eigenvalue weighted by molar-refractivity contribution is -0.121. The summed E-state index contributed by atoms with van der Waals surface area (Å²) in [5.41, 5.74) is 7.28. The predicted octanol–water partition coefficient (Wildman–Crippen LogP) is 3.79. The molecule has 4 N–H and O–H groups in total. The molecule has 26 heavy (non-hydrogen) atoms. The van der Waals surface area contributed by atoms with Crippen LogP contribution in [0.2, 0.25) is 0 Å². The summed E-state index contributed by atoms with van der Waals surface area (Å²) >= 11 is 2.22. The number of rotatable bonds is 8. The minimum atomic E-state index is -0.545. The predicted molar refractivity (Wildman–Crippen MR) is 113 cm³/mol. The molecule has 0 heterocycles. The number of nitrogen functional groups attached to an aromatic ring is 1. The summed E-state index contributed by atoms with van der Waals surface area (Å²) in [5.74, 6) is 0.157. The summed E-state index contributed by atoms with van der Waals surface area (Å²) < 4.78 is 6.16. The molecular formula is C19H30IN3O3. The van der Waals surface area contributed by atoms with Crippen LogP contribution in [-0.4, -0.2) is 30.7 Å². The standard InChI is InChI=1S/C19H30IN3O3/c1-5-6-14(13-7-8-16(21)15(20)11-13)12-23-17(24)9-10-22-18(25)26-19(2,3)4/h7-8,11,14H,5-6,9-10,12,21H2,1-4H3,(H,22,25)(H,23,24). The van der Waals surface area contributed by atoms with Crippen molar-refractivity contribution in [2.75, 3.05) is 18.8 Å². The van der Waals surface area contributed by atoms with Crippen molar-refractivity contribution in [1.82, 2.24) is 10.6 Å². The molecule has 0 bridgehead atoms. The fourth-order valence-electron chi connectivity index (χ4n) is 2.45. The van der Waals surface area contributed by atoms with Gasteiger partial charge in [0.05, 0.1) is 0 Å². The zero-order valence-corrected chi connectivity index (χ0v) is 18.2. The molecule has 0 fully saturated rings. The molecule has 1 unspecified atom stereocenters. The van der Waals surface area contributed by atoms with Crippen molar-refractivity contribution in [2.24, 2.45) is 0 Å². The smallest absolute Gasteiger partial charge is 0.407 e. The molecule has 0 aliphatic heterocycles. The molecule has 1 atom stereocenters. The monoisotopic (exact) mass is 475 g/mol. The van der Waals surface area contributed by atoms with Gasteiger partial charge in [-0.05, 0) is 67.5 Å². The average Bonchev–Trinajstić information content (AvgIpc) is 2.52. The summed E-state index contributed by atoms with van der Waals surface area (Å²) in [4.78, 5) is 23.6. The molecule has 7 heteroatoms. The molecule has 0 radical (unpaired) electrons. The van der Waals surface area contributed by atoms with Crippen LogP contribution in [0.25, 0.3) is 0 Å². The number of nitrogens with two attached hydrogens (primary N) is 1. The molecule has 6 nitrogen and oxygen atoms in total. The van der Waals surface area contributed by atoms with Gasteiger partial charge in [-0.25, -0.2) is 4.79 Å². The second-order valence-corrected chi connectivity index (χ2v) is 8.41. The lowest BCUT2D eigenvalue weighted by atomic mass is 9.94. The van der Waals surface area contributed by atoms with E-state index in [-0.39, 0.29) is 24.8 Å². The largest absolute Gasteiger partial charge is 0.444 e. The third-order valence-corrected chi connectivity index (χ3v) is 4.63. The van der Waals surface area contributed by atoms with Gasteiger partial charge in [-0.3, -0.25) is 4.79 Å². The summed E-state index contributed by atoms with van der Waals surface area (Å²) in [6, 6.07) is 6.01. The molecular weight excluding hydrogens is 445 g/mol. The van der Waals surface area contributed by atoms with Crippen molar-refractivity contribution in [3.8, 4) is 0 Å². The number of ether oxygens (including phenoxy) is 1. The van der Waals surface area contributed by atoms with Crippen LogP contribution in [0.1, 0.15) is 58.4 Å². The number of anilines is 1. The Morgan fingerprint density at radius 3 is 2.54 bits per heavy atom. The van der Waals surface area contributed by atoms with Crippen LogP contribution < -0.4 is 16.4 Å². The van der Waals surface area contributed by atoms with Gasteiger partial charge in [0.1, 0.15) is 5.60 Å². The normalized spacial score (nSPS) is 12.3. The van der Waals surface area contributed by atoms with E-state index in [0.717, 1.165) is 22.1 Å². The van der Waals surface area contributed by atoms with Gasteiger partial charge >= 0.3 is 6.09 Å². The number of amides is 2. The van der Waals surface area contributed by atoms with E-state index >= 15 is 0 Å². The van der Waals surface area contributed by atoms with Gasteiger partial charge in [0.15, 0.2) is 0 Å². The lowest BCUT2D eigenvalue weighted by Gasteiger charge is -2.20. The highest BCUT2D eigenvalue weighted by Crippen LogP contribution is 2.25. The van der Waals surface area contributed by atoms with E-state index in [1.54, 1.807) is 20.8 Å². The maximum atomic E-state index is 12.0. The van der Waals surface area contributed by atoms with Crippen molar-refractivity contribution in [3.63, 3.8) is 0 Å². The van der Waals surface area contributed by atoms with Gasteiger partial charge < -0.3 is 21.1 Å². The first-order valence-corrected chi connectivity index (χ1v) is 9.98. The summed E-state index contributed by atoms with van der Waals surface area (Å²) in [6.07, 6.45) is 1.72. The van der Waals surface area contributed by atoms with Crippen LogP contribution in [-0.2, 0) is 9.53 Å². The molecule has 1 aromatic carbocycles. The number of benzene rings is 1. The maximum absolute atomic E-state index is 12.0. The first-order chi connectivity index (χ1) is 12.1. The Kier molecular flexibility index (Phi) is 9.18. The number of nitrogens with one attached hydrogen (secondary N) is 2. The van der Waals surface area contributed by atoms with Gasteiger partial charge in [0.2, 0.25) is 5.91 Å². The molecule has 0 saturated heterocycles. The first kappa shape index (κ1) is 22.5. The van der Waals surface area contributed by atoms with Crippen LogP contribution in [0.3, 0.4) is 0 Å². The Hall–Kier alpha value is -1.51. The van der Waals surface area contributed by atoms with E-state index in [4.69, 9.17) is 10.5 Å². The molecule has 0 spiro atoms. The van der Waals surface area contributed by atoms with Crippen LogP contribution in [0.4, 0.5) is 10.5 Å². The Labute approximate surface area is 169 Å². The van der Waals surface area contributed by atoms with Crippen LogP contribution in [0.5, 0.6) is 0 Å². The molecule has 0 saturated carbocycles. The third-order valence-electron chi connectivity index (χ3n) is 3.70. The second kappa shape index (κ2) is 10.6. The molecule has 0 aliphatic rings. The van der Waals surface area contributed by atoms with Crippen molar-refractivity contribution >= 4 is 40.3 Å². The number of carbonyl (C=O) groups is 2. The fourth-order valence-corrected chi connectivity index (χ4v) is 2.99. The molecule has 146 valence electrons. The van der Waals surface area contributed by atoms with E-state index in [0.29, 0.717) is 6.54 Å². The molecule has 1 aromatic rings. The summed E-state index contributed by atoms with van der Waals surface area (Å²) in [7, 11) is 0. The Morgan fingerprint density at radius 2 is 1.96 bits per heavy atom. The quantitative estimate of drug-likeness (QED) is 0.394. The van der Waals surface area contributed by atoms with Gasteiger partial charge in [-0.1, -0.05) is 19.4 Å². The third kappa shape index (κ3) is 8.73.